The molecule has 1 aromatic carbocycles. The lowest BCUT2D eigenvalue weighted by Gasteiger charge is -2.33. The van der Waals surface area contributed by atoms with Gasteiger partial charge in [0.1, 0.15) is 15.9 Å². The summed E-state index contributed by atoms with van der Waals surface area (Å²) in [6.07, 6.45) is 1.78. The fraction of sp³-hybridized carbons (Fsp3) is 0.400. The fourth-order valence-electron chi connectivity index (χ4n) is 3.04. The molecule has 0 unspecified atom stereocenters. The minimum absolute atomic E-state index is 0.249. The topological polar surface area (TPSA) is 84.2 Å². The molecule has 0 N–H and O–H groups in total. The molecule has 1 aliphatic rings. The number of nitrogens with zero attached hydrogens (tertiary/aromatic N) is 6. The van der Waals surface area contributed by atoms with Crippen molar-refractivity contribution >= 4 is 32.8 Å². The van der Waals surface area contributed by atoms with Crippen molar-refractivity contribution in [1.29, 1.82) is 0 Å². The Labute approximate surface area is 150 Å². The van der Waals surface area contributed by atoms with Gasteiger partial charge in [-0.3, -0.25) is 9.58 Å². The molecule has 1 aliphatic heterocycles. The monoisotopic (exact) mass is 378 g/mol. The summed E-state index contributed by atoms with van der Waals surface area (Å²) >= 11 is 1.03. The highest BCUT2D eigenvalue weighted by Gasteiger charge is 2.30. The second kappa shape index (κ2) is 6.45. The number of rotatable bonds is 4. The number of aromatic nitrogens is 4. The Kier molecular flexibility index (Phi) is 4.28. The first kappa shape index (κ1) is 16.6. The normalized spacial score (nSPS) is 17.3. The first-order valence-electron chi connectivity index (χ1n) is 7.96. The van der Waals surface area contributed by atoms with Crippen molar-refractivity contribution in [3.8, 4) is 0 Å². The van der Waals surface area contributed by atoms with E-state index in [1.54, 1.807) is 28.7 Å². The van der Waals surface area contributed by atoms with Crippen LogP contribution in [0.3, 0.4) is 0 Å². The Morgan fingerprint density at radius 1 is 1.12 bits per heavy atom. The van der Waals surface area contributed by atoms with E-state index in [9.17, 15) is 8.42 Å². The molecule has 8 nitrogen and oxygen atoms in total. The van der Waals surface area contributed by atoms with Crippen LogP contribution in [-0.2, 0) is 23.6 Å². The molecule has 1 saturated heterocycles. The van der Waals surface area contributed by atoms with Crippen LogP contribution in [0, 0.1) is 0 Å². The van der Waals surface area contributed by atoms with Crippen LogP contribution in [0.4, 0.5) is 0 Å². The first-order chi connectivity index (χ1) is 12.1. The summed E-state index contributed by atoms with van der Waals surface area (Å²) in [7, 11) is -1.64. The molecule has 25 heavy (non-hydrogen) atoms. The molecular weight excluding hydrogens is 360 g/mol. The van der Waals surface area contributed by atoms with Crippen molar-refractivity contribution in [1.82, 2.24) is 27.7 Å². The quantitative estimate of drug-likeness (QED) is 0.672. The van der Waals surface area contributed by atoms with Gasteiger partial charge in [0.25, 0.3) is 0 Å². The number of piperazine rings is 1. The average Bonchev–Trinajstić information content (AvgIpc) is 3.24. The van der Waals surface area contributed by atoms with Crippen molar-refractivity contribution < 1.29 is 8.42 Å². The molecular formula is C15H18N6O2S2. The number of hydrogen-bond acceptors (Lipinski definition) is 7. The molecule has 2 aromatic heterocycles. The SMILES string of the molecule is Cn1nccc1CN1CCN(S(=O)(=O)c2cccc3nsnc23)CC1. The summed E-state index contributed by atoms with van der Waals surface area (Å²) in [6.45, 7) is 3.09. The van der Waals surface area contributed by atoms with Crippen LogP contribution in [0.25, 0.3) is 11.0 Å². The first-order valence-corrected chi connectivity index (χ1v) is 10.1. The molecule has 0 amide bonds. The highest BCUT2D eigenvalue weighted by atomic mass is 32.2. The Balaban J connectivity index is 1.50. The highest BCUT2D eigenvalue weighted by Crippen LogP contribution is 2.25. The number of hydrogen-bond donors (Lipinski definition) is 0. The second-order valence-corrected chi connectivity index (χ2v) is 8.45. The van der Waals surface area contributed by atoms with Gasteiger partial charge >= 0.3 is 0 Å². The van der Waals surface area contributed by atoms with E-state index in [0.29, 0.717) is 37.2 Å². The van der Waals surface area contributed by atoms with Crippen LogP contribution in [0.15, 0.2) is 35.4 Å². The van der Waals surface area contributed by atoms with Crippen LogP contribution < -0.4 is 0 Å². The lowest BCUT2D eigenvalue weighted by atomic mass is 10.3. The van der Waals surface area contributed by atoms with Gasteiger partial charge in [-0.05, 0) is 18.2 Å². The summed E-state index contributed by atoms with van der Waals surface area (Å²) in [5, 5.41) is 4.17. The van der Waals surface area contributed by atoms with Gasteiger partial charge in [-0.25, -0.2) is 8.42 Å². The number of aryl methyl sites for hydroxylation is 1. The molecule has 0 bridgehead atoms. The van der Waals surface area contributed by atoms with Gasteiger partial charge in [-0.15, -0.1) is 0 Å². The van der Waals surface area contributed by atoms with E-state index in [0.717, 1.165) is 24.0 Å². The van der Waals surface area contributed by atoms with E-state index in [1.807, 2.05) is 17.8 Å². The van der Waals surface area contributed by atoms with E-state index in [2.05, 4.69) is 18.7 Å². The zero-order valence-electron chi connectivity index (χ0n) is 13.7. The standard InChI is InChI=1S/C15H18N6O2S2/c1-19-12(5-6-16-19)11-20-7-9-21(10-8-20)25(22,23)14-4-2-3-13-15(14)18-24-17-13/h2-6H,7-11H2,1H3. The molecule has 4 rings (SSSR count). The number of sulfonamides is 1. The molecule has 0 atom stereocenters. The van der Waals surface area contributed by atoms with Crippen LogP contribution in [0.5, 0.6) is 0 Å². The largest absolute Gasteiger partial charge is 0.295 e. The molecule has 3 heterocycles. The predicted octanol–water partition coefficient (Wildman–Crippen LogP) is 0.931. The molecule has 0 saturated carbocycles. The van der Waals surface area contributed by atoms with Crippen molar-refractivity contribution in [2.75, 3.05) is 26.2 Å². The fourth-order valence-corrected chi connectivity index (χ4v) is 5.22. The van der Waals surface area contributed by atoms with E-state index in [1.165, 1.54) is 0 Å². The number of benzene rings is 1. The van der Waals surface area contributed by atoms with Crippen molar-refractivity contribution in [2.45, 2.75) is 11.4 Å². The lowest BCUT2D eigenvalue weighted by molar-refractivity contribution is 0.178. The van der Waals surface area contributed by atoms with Crippen LogP contribution in [0.2, 0.25) is 0 Å². The summed E-state index contributed by atoms with van der Waals surface area (Å²) in [4.78, 5) is 2.49. The van der Waals surface area contributed by atoms with Gasteiger partial charge in [0, 0.05) is 46.0 Å². The summed E-state index contributed by atoms with van der Waals surface area (Å²) in [5.41, 5.74) is 2.21. The molecule has 0 aliphatic carbocycles. The summed E-state index contributed by atoms with van der Waals surface area (Å²) in [6, 6.07) is 7.10. The third kappa shape index (κ3) is 3.06. The van der Waals surface area contributed by atoms with E-state index >= 15 is 0 Å². The van der Waals surface area contributed by atoms with Crippen LogP contribution in [-0.4, -0.2) is 62.3 Å². The maximum atomic E-state index is 13.0. The van der Waals surface area contributed by atoms with Gasteiger partial charge in [0.05, 0.1) is 17.4 Å². The molecule has 3 aromatic rings. The lowest BCUT2D eigenvalue weighted by Crippen LogP contribution is -2.48. The molecule has 0 spiro atoms. The minimum atomic E-state index is -3.56. The van der Waals surface area contributed by atoms with Gasteiger partial charge in [-0.1, -0.05) is 6.07 Å². The Bertz CT molecular complexity index is 988. The third-order valence-electron chi connectivity index (χ3n) is 4.51. The van der Waals surface area contributed by atoms with Crippen molar-refractivity contribution in [3.63, 3.8) is 0 Å². The maximum absolute atomic E-state index is 13.0. The third-order valence-corrected chi connectivity index (χ3v) is 6.98. The summed E-state index contributed by atoms with van der Waals surface area (Å²) < 4.78 is 37.7. The van der Waals surface area contributed by atoms with Gasteiger partial charge in [0.2, 0.25) is 10.0 Å². The van der Waals surface area contributed by atoms with Crippen molar-refractivity contribution in [2.24, 2.45) is 7.05 Å². The Morgan fingerprint density at radius 3 is 2.64 bits per heavy atom. The van der Waals surface area contributed by atoms with E-state index in [-0.39, 0.29) is 4.90 Å². The molecule has 132 valence electrons. The highest BCUT2D eigenvalue weighted by molar-refractivity contribution is 7.89. The average molecular weight is 378 g/mol. The van der Waals surface area contributed by atoms with Crippen LogP contribution >= 0.6 is 11.7 Å². The van der Waals surface area contributed by atoms with Gasteiger partial charge in [-0.2, -0.15) is 18.2 Å². The summed E-state index contributed by atoms with van der Waals surface area (Å²) in [5.74, 6) is 0. The van der Waals surface area contributed by atoms with E-state index < -0.39 is 10.0 Å². The smallest absolute Gasteiger partial charge is 0.245 e. The molecule has 10 heteroatoms. The second-order valence-electron chi connectivity index (χ2n) is 6.01. The predicted molar refractivity (Wildman–Crippen MR) is 94.7 cm³/mol. The number of fused-ring (bicyclic) bond motifs is 1. The van der Waals surface area contributed by atoms with Gasteiger partial charge < -0.3 is 0 Å². The minimum Gasteiger partial charge on any atom is -0.295 e. The van der Waals surface area contributed by atoms with E-state index in [4.69, 9.17) is 0 Å². The Morgan fingerprint density at radius 2 is 1.92 bits per heavy atom. The zero-order chi connectivity index (χ0) is 17.4. The molecule has 1 fully saturated rings. The Hall–Kier alpha value is -1.88. The maximum Gasteiger partial charge on any atom is 0.245 e. The molecule has 0 radical (unpaired) electrons. The van der Waals surface area contributed by atoms with Crippen molar-refractivity contribution in [3.05, 3.63) is 36.2 Å². The van der Waals surface area contributed by atoms with Crippen LogP contribution in [0.1, 0.15) is 5.69 Å². The van der Waals surface area contributed by atoms with Gasteiger partial charge in [0.15, 0.2) is 0 Å². The zero-order valence-corrected chi connectivity index (χ0v) is 15.4.